The van der Waals surface area contributed by atoms with E-state index in [2.05, 4.69) is 9.72 Å². The predicted molar refractivity (Wildman–Crippen MR) is 48.7 cm³/mol. The highest BCUT2D eigenvalue weighted by Crippen LogP contribution is 2.30. The van der Waals surface area contributed by atoms with E-state index in [9.17, 15) is 23.1 Å². The van der Waals surface area contributed by atoms with Crippen molar-refractivity contribution in [2.24, 2.45) is 0 Å². The minimum Gasteiger partial charge on any atom is -0.506 e. The van der Waals surface area contributed by atoms with Crippen LogP contribution in [0.3, 0.4) is 0 Å². The molecule has 0 amide bonds. The molecule has 2 N–H and O–H groups in total. The Morgan fingerprint density at radius 3 is 2.59 bits per heavy atom. The minimum atomic E-state index is -4.98. The van der Waals surface area contributed by atoms with Crippen LogP contribution in [0.5, 0.6) is 11.5 Å². The molecule has 1 aromatic rings. The van der Waals surface area contributed by atoms with Crippen LogP contribution in [0, 0.1) is 6.92 Å². The number of rotatable bonds is 3. The fourth-order valence-electron chi connectivity index (χ4n) is 1.11. The van der Waals surface area contributed by atoms with Crippen LogP contribution in [-0.2, 0) is 11.2 Å². The van der Waals surface area contributed by atoms with Crippen LogP contribution in [0.25, 0.3) is 0 Å². The van der Waals surface area contributed by atoms with Crippen molar-refractivity contribution in [2.45, 2.75) is 19.7 Å². The number of pyridine rings is 1. The second kappa shape index (κ2) is 4.48. The van der Waals surface area contributed by atoms with Gasteiger partial charge in [0.05, 0.1) is 17.8 Å². The number of ether oxygens (including phenoxy) is 1. The SMILES string of the molecule is Cc1nc(CC(=O)O)c(OC(F)(F)F)cc1O. The summed E-state index contributed by atoms with van der Waals surface area (Å²) in [6.07, 6.45) is -5.71. The molecule has 0 aliphatic carbocycles. The molecular weight excluding hydrogens is 243 g/mol. The van der Waals surface area contributed by atoms with Gasteiger partial charge in [0.25, 0.3) is 0 Å². The summed E-state index contributed by atoms with van der Waals surface area (Å²) in [5.74, 6) is -2.67. The van der Waals surface area contributed by atoms with Gasteiger partial charge < -0.3 is 14.9 Å². The lowest BCUT2D eigenvalue weighted by molar-refractivity contribution is -0.275. The van der Waals surface area contributed by atoms with Crippen LogP contribution in [0.2, 0.25) is 0 Å². The number of hydrogen-bond acceptors (Lipinski definition) is 4. The number of aromatic hydroxyl groups is 1. The van der Waals surface area contributed by atoms with Gasteiger partial charge in [-0.2, -0.15) is 0 Å². The molecule has 1 heterocycles. The molecule has 0 aliphatic heterocycles. The Morgan fingerprint density at radius 2 is 2.12 bits per heavy atom. The molecule has 0 aliphatic rings. The first-order valence-corrected chi connectivity index (χ1v) is 4.36. The van der Waals surface area contributed by atoms with Gasteiger partial charge in [0.2, 0.25) is 0 Å². The Hall–Kier alpha value is -1.99. The lowest BCUT2D eigenvalue weighted by Gasteiger charge is -2.13. The first kappa shape index (κ1) is 13.1. The molecular formula is C9H8F3NO4. The summed E-state index contributed by atoms with van der Waals surface area (Å²) in [4.78, 5) is 14.0. The molecule has 0 bridgehead atoms. The molecule has 17 heavy (non-hydrogen) atoms. The largest absolute Gasteiger partial charge is 0.573 e. The summed E-state index contributed by atoms with van der Waals surface area (Å²) in [5.41, 5.74) is -0.374. The Balaban J connectivity index is 3.16. The molecule has 5 nitrogen and oxygen atoms in total. The lowest BCUT2D eigenvalue weighted by atomic mass is 10.2. The summed E-state index contributed by atoms with van der Waals surface area (Å²) in [7, 11) is 0. The Labute approximate surface area is 93.5 Å². The van der Waals surface area contributed by atoms with Crippen LogP contribution in [0.4, 0.5) is 13.2 Å². The normalized spacial score (nSPS) is 11.3. The highest BCUT2D eigenvalue weighted by molar-refractivity contribution is 5.70. The monoisotopic (exact) mass is 251 g/mol. The van der Waals surface area contributed by atoms with Crippen molar-refractivity contribution < 1.29 is 32.9 Å². The van der Waals surface area contributed by atoms with Gasteiger partial charge in [-0.25, -0.2) is 4.98 Å². The zero-order valence-electron chi connectivity index (χ0n) is 8.58. The maximum Gasteiger partial charge on any atom is 0.573 e. The molecule has 0 saturated carbocycles. The maximum absolute atomic E-state index is 12.0. The van der Waals surface area contributed by atoms with Gasteiger partial charge in [0.15, 0.2) is 5.75 Å². The van der Waals surface area contributed by atoms with Gasteiger partial charge in [-0.15, -0.1) is 13.2 Å². The third-order valence-electron chi connectivity index (χ3n) is 1.77. The summed E-state index contributed by atoms with van der Waals surface area (Å²) < 4.78 is 39.6. The molecule has 8 heteroatoms. The van der Waals surface area contributed by atoms with E-state index >= 15 is 0 Å². The molecule has 1 aromatic heterocycles. The lowest BCUT2D eigenvalue weighted by Crippen LogP contribution is -2.19. The fourth-order valence-corrected chi connectivity index (χ4v) is 1.11. The first-order valence-electron chi connectivity index (χ1n) is 4.36. The van der Waals surface area contributed by atoms with E-state index < -0.39 is 35.9 Å². The molecule has 0 unspecified atom stereocenters. The summed E-state index contributed by atoms with van der Waals surface area (Å²) >= 11 is 0. The summed E-state index contributed by atoms with van der Waals surface area (Å²) in [6, 6.07) is 0.689. The van der Waals surface area contributed by atoms with Crippen LogP contribution in [0.15, 0.2) is 6.07 Å². The third-order valence-corrected chi connectivity index (χ3v) is 1.77. The average Bonchev–Trinajstić information content (AvgIpc) is 2.10. The number of aliphatic carboxylic acids is 1. The molecule has 1 rings (SSSR count). The van der Waals surface area contributed by atoms with Crippen molar-refractivity contribution in [3.05, 3.63) is 17.5 Å². The predicted octanol–water partition coefficient (Wildman–Crippen LogP) is 1.62. The zero-order chi connectivity index (χ0) is 13.2. The second-order valence-corrected chi connectivity index (χ2v) is 3.16. The molecule has 0 atom stereocenters. The molecule has 0 fully saturated rings. The number of aromatic nitrogens is 1. The third kappa shape index (κ3) is 3.82. The van der Waals surface area contributed by atoms with Crippen molar-refractivity contribution >= 4 is 5.97 Å². The van der Waals surface area contributed by atoms with Gasteiger partial charge in [0.1, 0.15) is 5.75 Å². The van der Waals surface area contributed by atoms with Crippen LogP contribution in [0.1, 0.15) is 11.4 Å². The Bertz CT molecular complexity index is 445. The second-order valence-electron chi connectivity index (χ2n) is 3.16. The van der Waals surface area contributed by atoms with E-state index in [0.29, 0.717) is 6.07 Å². The molecule has 0 aromatic carbocycles. The number of carbonyl (C=O) groups is 1. The Kier molecular flexibility index (Phi) is 3.45. The van der Waals surface area contributed by atoms with Crippen LogP contribution in [-0.4, -0.2) is 27.5 Å². The van der Waals surface area contributed by atoms with E-state index in [1.807, 2.05) is 0 Å². The fraction of sp³-hybridized carbons (Fsp3) is 0.333. The highest BCUT2D eigenvalue weighted by atomic mass is 19.4. The van der Waals surface area contributed by atoms with Gasteiger partial charge in [0, 0.05) is 6.07 Å². The maximum atomic E-state index is 12.0. The number of alkyl halides is 3. The number of halogens is 3. The van der Waals surface area contributed by atoms with Gasteiger partial charge in [-0.05, 0) is 6.92 Å². The number of carboxylic acids is 1. The van der Waals surface area contributed by atoms with E-state index in [0.717, 1.165) is 0 Å². The van der Waals surface area contributed by atoms with E-state index in [1.54, 1.807) is 0 Å². The molecule has 94 valence electrons. The highest BCUT2D eigenvalue weighted by Gasteiger charge is 2.33. The smallest absolute Gasteiger partial charge is 0.506 e. The van der Waals surface area contributed by atoms with E-state index in [-0.39, 0.29) is 5.69 Å². The van der Waals surface area contributed by atoms with Gasteiger partial charge >= 0.3 is 12.3 Å². The number of nitrogens with zero attached hydrogens (tertiary/aromatic N) is 1. The minimum absolute atomic E-state index is 0.0239. The molecule has 0 spiro atoms. The summed E-state index contributed by atoms with van der Waals surface area (Å²) in [5, 5.41) is 17.7. The number of aryl methyl sites for hydroxylation is 1. The average molecular weight is 251 g/mol. The van der Waals surface area contributed by atoms with Crippen molar-refractivity contribution in [3.8, 4) is 11.5 Å². The number of carboxylic acid groups (broad SMARTS) is 1. The van der Waals surface area contributed by atoms with Crippen molar-refractivity contribution in [1.82, 2.24) is 4.98 Å². The van der Waals surface area contributed by atoms with Gasteiger partial charge in [-0.3, -0.25) is 4.79 Å². The Morgan fingerprint density at radius 1 is 1.53 bits per heavy atom. The zero-order valence-corrected chi connectivity index (χ0v) is 8.58. The summed E-state index contributed by atoms with van der Waals surface area (Å²) in [6.45, 7) is 1.33. The van der Waals surface area contributed by atoms with Gasteiger partial charge in [-0.1, -0.05) is 0 Å². The first-order chi connectivity index (χ1) is 7.69. The standard InChI is InChI=1S/C9H8F3NO4/c1-4-6(14)3-7(17-9(10,11)12)5(13-4)2-8(15)16/h3,14H,2H2,1H3,(H,15,16). The van der Waals surface area contributed by atoms with Crippen molar-refractivity contribution in [3.63, 3.8) is 0 Å². The van der Waals surface area contributed by atoms with E-state index in [1.165, 1.54) is 6.92 Å². The number of hydrogen-bond donors (Lipinski definition) is 2. The molecule has 0 saturated heterocycles. The van der Waals surface area contributed by atoms with Crippen LogP contribution < -0.4 is 4.74 Å². The van der Waals surface area contributed by atoms with Crippen molar-refractivity contribution in [1.29, 1.82) is 0 Å². The van der Waals surface area contributed by atoms with Crippen LogP contribution >= 0.6 is 0 Å². The molecule has 0 radical (unpaired) electrons. The van der Waals surface area contributed by atoms with Crippen molar-refractivity contribution in [2.75, 3.05) is 0 Å². The van der Waals surface area contributed by atoms with E-state index in [4.69, 9.17) is 5.11 Å². The quantitative estimate of drug-likeness (QED) is 0.853. The topological polar surface area (TPSA) is 79.7 Å².